The van der Waals surface area contributed by atoms with Crippen LogP contribution in [0.3, 0.4) is 0 Å². The first-order valence-corrected chi connectivity index (χ1v) is 7.65. The lowest BCUT2D eigenvalue weighted by Gasteiger charge is -2.03. The van der Waals surface area contributed by atoms with Gasteiger partial charge >= 0.3 is 0 Å². The zero-order valence-electron chi connectivity index (χ0n) is 11.4. The Balaban J connectivity index is 1.71. The number of anilines is 2. The van der Waals surface area contributed by atoms with Gasteiger partial charge in [0.15, 0.2) is 0 Å². The monoisotopic (exact) mass is 316 g/mol. The van der Waals surface area contributed by atoms with Crippen molar-refractivity contribution in [3.8, 4) is 0 Å². The molecule has 0 aliphatic carbocycles. The van der Waals surface area contributed by atoms with Crippen LogP contribution in [-0.2, 0) is 6.42 Å². The molecular formula is C15H13ClN4S. The minimum atomic E-state index is 0.689. The molecule has 0 bridgehead atoms. The quantitative estimate of drug-likeness (QED) is 0.782. The first-order valence-electron chi connectivity index (χ1n) is 6.46. The Morgan fingerprint density at radius 3 is 2.86 bits per heavy atom. The Labute approximate surface area is 131 Å². The summed E-state index contributed by atoms with van der Waals surface area (Å²) in [5.74, 6) is 0. The highest BCUT2D eigenvalue weighted by Gasteiger charge is 2.06. The number of nitrogens with one attached hydrogen (secondary N) is 1. The summed E-state index contributed by atoms with van der Waals surface area (Å²) in [7, 11) is 0. The minimum absolute atomic E-state index is 0.689. The van der Waals surface area contributed by atoms with Crippen LogP contribution in [0.1, 0.15) is 16.3 Å². The van der Waals surface area contributed by atoms with Crippen LogP contribution in [0.15, 0.2) is 42.6 Å². The molecule has 6 heteroatoms. The lowest BCUT2D eigenvalue weighted by molar-refractivity contribution is 0.978. The maximum Gasteiger partial charge on any atom is 0.210 e. The van der Waals surface area contributed by atoms with Gasteiger partial charge < -0.3 is 5.32 Å². The Kier molecular flexibility index (Phi) is 4.13. The standard InChI is InChI=1S/C15H13ClN4S/c1-10-5-6-12(8-13(10)16)18-15-20-19-14(21-15)9-11-4-2-3-7-17-11/h2-8H,9H2,1H3,(H,18,20). The van der Waals surface area contributed by atoms with Crippen LogP contribution in [0.5, 0.6) is 0 Å². The van der Waals surface area contributed by atoms with Gasteiger partial charge in [0.05, 0.1) is 0 Å². The molecule has 3 rings (SSSR count). The first kappa shape index (κ1) is 14.0. The van der Waals surface area contributed by atoms with E-state index in [4.69, 9.17) is 11.6 Å². The molecule has 0 atom stereocenters. The number of aryl methyl sites for hydroxylation is 1. The molecule has 106 valence electrons. The third-order valence-electron chi connectivity index (χ3n) is 2.95. The number of hydrogen-bond acceptors (Lipinski definition) is 5. The van der Waals surface area contributed by atoms with Gasteiger partial charge in [-0.3, -0.25) is 4.98 Å². The summed E-state index contributed by atoms with van der Waals surface area (Å²) >= 11 is 7.63. The maximum absolute atomic E-state index is 6.11. The van der Waals surface area contributed by atoms with Crippen molar-refractivity contribution >= 4 is 33.8 Å². The van der Waals surface area contributed by atoms with E-state index >= 15 is 0 Å². The molecule has 0 unspecified atom stereocenters. The normalized spacial score (nSPS) is 10.6. The fourth-order valence-corrected chi connectivity index (χ4v) is 2.78. The summed E-state index contributed by atoms with van der Waals surface area (Å²) in [6.07, 6.45) is 2.47. The third-order valence-corrected chi connectivity index (χ3v) is 4.19. The molecule has 0 saturated heterocycles. The van der Waals surface area contributed by atoms with Crippen LogP contribution >= 0.6 is 22.9 Å². The number of halogens is 1. The molecule has 0 radical (unpaired) electrons. The molecule has 3 aromatic rings. The van der Waals surface area contributed by atoms with E-state index in [2.05, 4.69) is 20.5 Å². The van der Waals surface area contributed by atoms with Crippen LogP contribution in [0.4, 0.5) is 10.8 Å². The summed E-state index contributed by atoms with van der Waals surface area (Å²) in [4.78, 5) is 4.29. The molecule has 0 aliphatic rings. The van der Waals surface area contributed by atoms with Crippen molar-refractivity contribution < 1.29 is 0 Å². The van der Waals surface area contributed by atoms with E-state index in [1.807, 2.05) is 43.3 Å². The average Bonchev–Trinajstić information content (AvgIpc) is 2.91. The van der Waals surface area contributed by atoms with Crippen molar-refractivity contribution in [2.24, 2.45) is 0 Å². The van der Waals surface area contributed by atoms with Crippen LogP contribution in [-0.4, -0.2) is 15.2 Å². The highest BCUT2D eigenvalue weighted by atomic mass is 35.5. The molecular weight excluding hydrogens is 304 g/mol. The Morgan fingerprint density at radius 1 is 1.19 bits per heavy atom. The molecule has 1 N–H and O–H groups in total. The van der Waals surface area contributed by atoms with E-state index in [-0.39, 0.29) is 0 Å². The molecule has 0 saturated carbocycles. The highest BCUT2D eigenvalue weighted by Crippen LogP contribution is 2.25. The zero-order chi connectivity index (χ0) is 14.7. The molecule has 0 aliphatic heterocycles. The molecule has 2 aromatic heterocycles. The van der Waals surface area contributed by atoms with Crippen molar-refractivity contribution in [2.45, 2.75) is 13.3 Å². The van der Waals surface area contributed by atoms with Gasteiger partial charge in [-0.25, -0.2) is 0 Å². The van der Waals surface area contributed by atoms with Crippen molar-refractivity contribution in [1.82, 2.24) is 15.2 Å². The van der Waals surface area contributed by atoms with Crippen LogP contribution in [0, 0.1) is 6.92 Å². The summed E-state index contributed by atoms with van der Waals surface area (Å²) in [5, 5.41) is 14.0. The van der Waals surface area contributed by atoms with Gasteiger partial charge in [0, 0.05) is 29.0 Å². The molecule has 4 nitrogen and oxygen atoms in total. The van der Waals surface area contributed by atoms with E-state index in [1.54, 1.807) is 6.20 Å². The predicted octanol–water partition coefficient (Wildman–Crippen LogP) is 4.23. The molecule has 0 spiro atoms. The lowest BCUT2D eigenvalue weighted by atomic mass is 10.2. The van der Waals surface area contributed by atoms with Gasteiger partial charge in [0.25, 0.3) is 0 Å². The second-order valence-electron chi connectivity index (χ2n) is 4.59. The van der Waals surface area contributed by atoms with E-state index in [0.29, 0.717) is 6.42 Å². The second kappa shape index (κ2) is 6.20. The maximum atomic E-state index is 6.11. The molecule has 21 heavy (non-hydrogen) atoms. The second-order valence-corrected chi connectivity index (χ2v) is 6.06. The minimum Gasteiger partial charge on any atom is -0.330 e. The number of rotatable bonds is 4. The van der Waals surface area contributed by atoms with Gasteiger partial charge in [0.2, 0.25) is 5.13 Å². The molecule has 0 amide bonds. The summed E-state index contributed by atoms with van der Waals surface area (Å²) in [6.45, 7) is 1.97. The smallest absolute Gasteiger partial charge is 0.210 e. The average molecular weight is 317 g/mol. The number of aromatic nitrogens is 3. The number of pyridine rings is 1. The van der Waals surface area contributed by atoms with E-state index in [0.717, 1.165) is 32.1 Å². The number of nitrogens with zero attached hydrogens (tertiary/aromatic N) is 3. The van der Waals surface area contributed by atoms with Crippen LogP contribution in [0.2, 0.25) is 5.02 Å². The van der Waals surface area contributed by atoms with Crippen molar-refractivity contribution in [2.75, 3.05) is 5.32 Å². The van der Waals surface area contributed by atoms with Gasteiger partial charge in [-0.1, -0.05) is 35.1 Å². The van der Waals surface area contributed by atoms with E-state index in [1.165, 1.54) is 11.3 Å². The van der Waals surface area contributed by atoms with E-state index in [9.17, 15) is 0 Å². The van der Waals surface area contributed by atoms with Crippen LogP contribution < -0.4 is 5.32 Å². The van der Waals surface area contributed by atoms with Gasteiger partial charge in [0.1, 0.15) is 5.01 Å². The molecule has 2 heterocycles. The summed E-state index contributed by atoms with van der Waals surface area (Å²) in [6, 6.07) is 11.7. The van der Waals surface area contributed by atoms with Crippen molar-refractivity contribution in [3.63, 3.8) is 0 Å². The third kappa shape index (κ3) is 3.56. The van der Waals surface area contributed by atoms with Crippen molar-refractivity contribution in [1.29, 1.82) is 0 Å². The van der Waals surface area contributed by atoms with Gasteiger partial charge in [-0.2, -0.15) is 0 Å². The van der Waals surface area contributed by atoms with E-state index < -0.39 is 0 Å². The zero-order valence-corrected chi connectivity index (χ0v) is 12.9. The van der Waals surface area contributed by atoms with Gasteiger partial charge in [-0.05, 0) is 36.8 Å². The largest absolute Gasteiger partial charge is 0.330 e. The SMILES string of the molecule is Cc1ccc(Nc2nnc(Cc3ccccn3)s2)cc1Cl. The lowest BCUT2D eigenvalue weighted by Crippen LogP contribution is -1.90. The molecule has 0 fully saturated rings. The number of benzene rings is 1. The fraction of sp³-hybridized carbons (Fsp3) is 0.133. The highest BCUT2D eigenvalue weighted by molar-refractivity contribution is 7.15. The Morgan fingerprint density at radius 2 is 2.10 bits per heavy atom. The Bertz CT molecular complexity index is 742. The molecule has 1 aromatic carbocycles. The number of hydrogen-bond donors (Lipinski definition) is 1. The van der Waals surface area contributed by atoms with Crippen molar-refractivity contribution in [3.05, 3.63) is 63.9 Å². The topological polar surface area (TPSA) is 50.7 Å². The summed E-state index contributed by atoms with van der Waals surface area (Å²) < 4.78 is 0. The Hall–Kier alpha value is -1.98. The fourth-order valence-electron chi connectivity index (χ4n) is 1.83. The predicted molar refractivity (Wildman–Crippen MR) is 86.4 cm³/mol. The van der Waals surface area contributed by atoms with Gasteiger partial charge in [-0.15, -0.1) is 10.2 Å². The first-order chi connectivity index (χ1) is 10.2. The van der Waals surface area contributed by atoms with Crippen LogP contribution in [0.25, 0.3) is 0 Å². The summed E-state index contributed by atoms with van der Waals surface area (Å²) in [5.41, 5.74) is 2.94.